The van der Waals surface area contributed by atoms with Gasteiger partial charge < -0.3 is 14.6 Å². The van der Waals surface area contributed by atoms with E-state index in [2.05, 4.69) is 0 Å². The average molecular weight is 458 g/mol. The smallest absolute Gasteiger partial charge is 0.300 e. The minimum atomic E-state index is -0.793. The highest BCUT2D eigenvalue weighted by molar-refractivity contribution is 6.51. The molecule has 0 saturated carbocycles. The van der Waals surface area contributed by atoms with Crippen LogP contribution < -0.4 is 14.4 Å². The largest absolute Gasteiger partial charge is 0.507 e. The van der Waals surface area contributed by atoms with Crippen LogP contribution in [-0.2, 0) is 9.59 Å². The number of ether oxygens (including phenoxy) is 2. The van der Waals surface area contributed by atoms with Crippen LogP contribution in [0, 0.1) is 0 Å². The van der Waals surface area contributed by atoms with Crippen LogP contribution >= 0.6 is 0 Å². The first-order valence-corrected chi connectivity index (χ1v) is 11.4. The summed E-state index contributed by atoms with van der Waals surface area (Å²) in [5, 5.41) is 11.3. The third kappa shape index (κ3) is 4.53. The fraction of sp³-hybridized carbons (Fsp3) is 0.214. The topological polar surface area (TPSA) is 76.1 Å². The number of Topliss-reactive ketones (excluding diaryl/α,β-unsaturated/α-hetero) is 1. The number of anilines is 1. The van der Waals surface area contributed by atoms with Gasteiger partial charge >= 0.3 is 0 Å². The second-order valence-electron chi connectivity index (χ2n) is 7.88. The van der Waals surface area contributed by atoms with Gasteiger partial charge in [0.15, 0.2) is 0 Å². The summed E-state index contributed by atoms with van der Waals surface area (Å²) >= 11 is 0. The Balaban J connectivity index is 1.85. The number of rotatable bonds is 8. The Morgan fingerprint density at radius 1 is 0.882 bits per heavy atom. The third-order valence-electron chi connectivity index (χ3n) is 5.57. The number of benzene rings is 3. The summed E-state index contributed by atoms with van der Waals surface area (Å²) in [6.07, 6.45) is 0.843. The van der Waals surface area contributed by atoms with Crippen LogP contribution in [-0.4, -0.2) is 30.0 Å². The molecule has 34 heavy (non-hydrogen) atoms. The van der Waals surface area contributed by atoms with Crippen molar-refractivity contribution in [3.63, 3.8) is 0 Å². The van der Waals surface area contributed by atoms with Gasteiger partial charge in [0, 0.05) is 11.3 Å². The van der Waals surface area contributed by atoms with Gasteiger partial charge in [-0.2, -0.15) is 0 Å². The SMILES string of the molecule is CCCOc1cccc(/C(O)=C2/C(=O)C(=O)N(c3ccccc3)C2c2ccc(OCC)cc2)c1. The molecule has 0 radical (unpaired) electrons. The Morgan fingerprint density at radius 3 is 2.29 bits per heavy atom. The van der Waals surface area contributed by atoms with Gasteiger partial charge in [0.1, 0.15) is 17.3 Å². The molecule has 0 spiro atoms. The van der Waals surface area contributed by atoms with Crippen LogP contribution in [0.15, 0.2) is 84.4 Å². The Morgan fingerprint density at radius 2 is 1.62 bits per heavy atom. The molecular weight excluding hydrogens is 430 g/mol. The number of para-hydroxylation sites is 1. The highest BCUT2D eigenvalue weighted by Crippen LogP contribution is 2.42. The summed E-state index contributed by atoms with van der Waals surface area (Å²) < 4.78 is 11.2. The molecule has 6 heteroatoms. The monoisotopic (exact) mass is 457 g/mol. The molecule has 1 heterocycles. The van der Waals surface area contributed by atoms with Crippen LogP contribution in [0.4, 0.5) is 5.69 Å². The minimum absolute atomic E-state index is 0.0330. The average Bonchev–Trinajstić information content (AvgIpc) is 3.14. The van der Waals surface area contributed by atoms with E-state index in [0.717, 1.165) is 6.42 Å². The molecule has 1 aliphatic rings. The minimum Gasteiger partial charge on any atom is -0.507 e. The first kappa shape index (κ1) is 23.1. The van der Waals surface area contributed by atoms with E-state index in [1.54, 1.807) is 60.7 Å². The van der Waals surface area contributed by atoms with E-state index in [-0.39, 0.29) is 11.3 Å². The third-order valence-corrected chi connectivity index (χ3v) is 5.57. The van der Waals surface area contributed by atoms with E-state index >= 15 is 0 Å². The highest BCUT2D eigenvalue weighted by Gasteiger charge is 2.46. The number of carbonyl (C=O) groups excluding carboxylic acids is 2. The van der Waals surface area contributed by atoms with Crippen molar-refractivity contribution in [2.75, 3.05) is 18.1 Å². The van der Waals surface area contributed by atoms with Gasteiger partial charge in [-0.25, -0.2) is 0 Å². The molecule has 1 atom stereocenters. The number of aliphatic hydroxyl groups is 1. The lowest BCUT2D eigenvalue weighted by Gasteiger charge is -2.25. The molecule has 1 unspecified atom stereocenters. The molecule has 1 saturated heterocycles. The quantitative estimate of drug-likeness (QED) is 0.275. The molecule has 1 amide bonds. The number of hydrogen-bond acceptors (Lipinski definition) is 5. The maximum absolute atomic E-state index is 13.2. The number of hydrogen-bond donors (Lipinski definition) is 1. The molecule has 0 aliphatic carbocycles. The number of carbonyl (C=O) groups is 2. The van der Waals surface area contributed by atoms with Crippen molar-refractivity contribution >= 4 is 23.1 Å². The number of ketones is 1. The number of amides is 1. The van der Waals surface area contributed by atoms with Crippen molar-refractivity contribution in [3.8, 4) is 11.5 Å². The van der Waals surface area contributed by atoms with Crippen LogP contribution in [0.5, 0.6) is 11.5 Å². The zero-order chi connectivity index (χ0) is 24.1. The molecule has 3 aromatic carbocycles. The summed E-state index contributed by atoms with van der Waals surface area (Å²) in [5.74, 6) is -0.396. The van der Waals surface area contributed by atoms with Crippen LogP contribution in [0.2, 0.25) is 0 Å². The predicted molar refractivity (Wildman–Crippen MR) is 131 cm³/mol. The molecule has 174 valence electrons. The summed E-state index contributed by atoms with van der Waals surface area (Å²) in [5.41, 5.74) is 1.70. The van der Waals surface area contributed by atoms with Crippen molar-refractivity contribution in [2.45, 2.75) is 26.3 Å². The molecule has 0 aromatic heterocycles. The number of nitrogens with zero attached hydrogens (tertiary/aromatic N) is 1. The van der Waals surface area contributed by atoms with Gasteiger partial charge in [-0.3, -0.25) is 14.5 Å². The van der Waals surface area contributed by atoms with E-state index < -0.39 is 17.7 Å². The van der Waals surface area contributed by atoms with Crippen molar-refractivity contribution < 1.29 is 24.2 Å². The Kier molecular flexibility index (Phi) is 6.97. The van der Waals surface area contributed by atoms with Gasteiger partial charge in [0.05, 0.1) is 24.8 Å². The molecule has 3 aromatic rings. The van der Waals surface area contributed by atoms with Crippen LogP contribution in [0.25, 0.3) is 5.76 Å². The maximum Gasteiger partial charge on any atom is 0.300 e. The molecule has 1 aliphatic heterocycles. The molecule has 6 nitrogen and oxygen atoms in total. The summed E-state index contributed by atoms with van der Waals surface area (Å²) in [7, 11) is 0. The highest BCUT2D eigenvalue weighted by atomic mass is 16.5. The van der Waals surface area contributed by atoms with Crippen LogP contribution in [0.3, 0.4) is 0 Å². The Labute approximate surface area is 199 Å². The predicted octanol–water partition coefficient (Wildman–Crippen LogP) is 5.50. The molecule has 0 bridgehead atoms. The van der Waals surface area contributed by atoms with E-state index in [1.807, 2.05) is 32.0 Å². The molecule has 4 rings (SSSR count). The lowest BCUT2D eigenvalue weighted by molar-refractivity contribution is -0.132. The van der Waals surface area contributed by atoms with Gasteiger partial charge in [-0.1, -0.05) is 49.4 Å². The Hall–Kier alpha value is -4.06. The summed E-state index contributed by atoms with van der Waals surface area (Å²) in [4.78, 5) is 27.9. The van der Waals surface area contributed by atoms with Crippen molar-refractivity contribution in [2.24, 2.45) is 0 Å². The lowest BCUT2D eigenvalue weighted by Crippen LogP contribution is -2.29. The fourth-order valence-electron chi connectivity index (χ4n) is 4.02. The molecular formula is C28H27NO5. The lowest BCUT2D eigenvalue weighted by atomic mass is 9.95. The van der Waals surface area contributed by atoms with Gasteiger partial charge in [-0.05, 0) is 55.3 Å². The van der Waals surface area contributed by atoms with E-state index in [1.165, 1.54) is 4.90 Å². The van der Waals surface area contributed by atoms with Gasteiger partial charge in [0.25, 0.3) is 11.7 Å². The maximum atomic E-state index is 13.2. The molecule has 1 fully saturated rings. The Bertz CT molecular complexity index is 1200. The van der Waals surface area contributed by atoms with Crippen molar-refractivity contribution in [1.82, 2.24) is 0 Å². The van der Waals surface area contributed by atoms with E-state index in [0.29, 0.717) is 41.5 Å². The zero-order valence-corrected chi connectivity index (χ0v) is 19.2. The normalized spacial score (nSPS) is 17.1. The zero-order valence-electron chi connectivity index (χ0n) is 19.2. The van der Waals surface area contributed by atoms with Crippen molar-refractivity contribution in [3.05, 3.63) is 95.6 Å². The number of aliphatic hydroxyl groups excluding tert-OH is 1. The van der Waals surface area contributed by atoms with Crippen molar-refractivity contribution in [1.29, 1.82) is 0 Å². The second kappa shape index (κ2) is 10.3. The fourth-order valence-corrected chi connectivity index (χ4v) is 4.02. The first-order chi connectivity index (χ1) is 16.5. The summed E-state index contributed by atoms with van der Waals surface area (Å²) in [6, 6.07) is 22.3. The second-order valence-corrected chi connectivity index (χ2v) is 7.88. The van der Waals surface area contributed by atoms with E-state index in [9.17, 15) is 14.7 Å². The standard InChI is InChI=1S/C28H27NO5/c1-3-17-34-23-12-8-9-20(18-23)26(30)24-25(19-13-15-22(16-14-19)33-4-2)29(28(32)27(24)31)21-10-6-5-7-11-21/h5-16,18,25,30H,3-4,17H2,1-2H3/b26-24-. The van der Waals surface area contributed by atoms with E-state index in [4.69, 9.17) is 9.47 Å². The van der Waals surface area contributed by atoms with Crippen LogP contribution in [0.1, 0.15) is 37.4 Å². The van der Waals surface area contributed by atoms with Gasteiger partial charge in [0.2, 0.25) is 0 Å². The summed E-state index contributed by atoms with van der Waals surface area (Å²) in [6.45, 7) is 4.97. The van der Waals surface area contributed by atoms with Gasteiger partial charge in [-0.15, -0.1) is 0 Å². The molecule has 1 N–H and O–H groups in total. The first-order valence-electron chi connectivity index (χ1n) is 11.4.